The van der Waals surface area contributed by atoms with Gasteiger partial charge >= 0.3 is 0 Å². The summed E-state index contributed by atoms with van der Waals surface area (Å²) < 4.78 is 61.7. The second-order valence-electron chi connectivity index (χ2n) is 10.7. The van der Waals surface area contributed by atoms with E-state index >= 15 is 0 Å². The van der Waals surface area contributed by atoms with Crippen LogP contribution in [0.4, 0.5) is 14.5 Å². The van der Waals surface area contributed by atoms with Gasteiger partial charge in [-0.15, -0.1) is 0 Å². The maximum atomic E-state index is 13.6. The van der Waals surface area contributed by atoms with Gasteiger partial charge in [-0.3, -0.25) is 4.79 Å². The molecule has 1 fully saturated rings. The number of ether oxygens (including phenoxy) is 1. The van der Waals surface area contributed by atoms with Crippen LogP contribution in [-0.4, -0.2) is 40.0 Å². The molecule has 218 valence electrons. The van der Waals surface area contributed by atoms with E-state index in [1.165, 1.54) is 54.6 Å². The van der Waals surface area contributed by atoms with Crippen LogP contribution in [0.3, 0.4) is 0 Å². The number of amides is 1. The molecule has 1 unspecified atom stereocenters. The predicted octanol–water partition coefficient (Wildman–Crippen LogP) is 5.55. The Bertz CT molecular complexity index is 1440. The van der Waals surface area contributed by atoms with E-state index in [0.717, 1.165) is 56.3 Å². The Hall–Kier alpha value is -3.50. The minimum absolute atomic E-state index is 0.0197. The van der Waals surface area contributed by atoms with E-state index in [1.54, 1.807) is 12.1 Å². The Balaban J connectivity index is 1.22. The maximum absolute atomic E-state index is 13.6. The number of halogens is 2. The molecule has 0 aromatic heterocycles. The van der Waals surface area contributed by atoms with Gasteiger partial charge < -0.3 is 15.0 Å². The molecule has 1 amide bonds. The number of anilines is 1. The van der Waals surface area contributed by atoms with E-state index in [1.807, 2.05) is 0 Å². The van der Waals surface area contributed by atoms with Gasteiger partial charge in [0, 0.05) is 25.3 Å². The number of rotatable bonds is 11. The van der Waals surface area contributed by atoms with Crippen LogP contribution in [0.1, 0.15) is 44.1 Å². The van der Waals surface area contributed by atoms with Gasteiger partial charge in [0.05, 0.1) is 4.90 Å². The van der Waals surface area contributed by atoms with Gasteiger partial charge in [0.1, 0.15) is 29.2 Å². The molecule has 41 heavy (non-hydrogen) atoms. The monoisotopic (exact) mass is 583 g/mol. The summed E-state index contributed by atoms with van der Waals surface area (Å²) in [5.41, 5.74) is 1.92. The number of carbonyl (C=O) groups excluding carboxylic acids is 1. The Kier molecular flexibility index (Phi) is 9.19. The molecule has 5 rings (SSSR count). The Labute approximate surface area is 240 Å². The molecule has 3 aromatic carbocycles. The average molecular weight is 584 g/mol. The summed E-state index contributed by atoms with van der Waals surface area (Å²) in [5, 5.41) is 2.93. The van der Waals surface area contributed by atoms with Crippen molar-refractivity contribution in [2.45, 2.75) is 55.9 Å². The summed E-state index contributed by atoms with van der Waals surface area (Å²) in [6, 6.07) is 15.2. The fourth-order valence-electron chi connectivity index (χ4n) is 5.65. The highest BCUT2D eigenvalue weighted by atomic mass is 32.2. The van der Waals surface area contributed by atoms with Gasteiger partial charge in [-0.25, -0.2) is 17.2 Å². The summed E-state index contributed by atoms with van der Waals surface area (Å²) >= 11 is 0. The van der Waals surface area contributed by atoms with Crippen LogP contribution in [-0.2, 0) is 21.2 Å². The average Bonchev–Trinajstić information content (AvgIpc) is 3.36. The second-order valence-corrected chi connectivity index (χ2v) is 12.5. The lowest BCUT2D eigenvalue weighted by molar-refractivity contribution is -0.123. The van der Waals surface area contributed by atoms with Gasteiger partial charge in [0.2, 0.25) is 15.9 Å². The van der Waals surface area contributed by atoms with Crippen molar-refractivity contribution in [2.75, 3.05) is 24.5 Å². The first-order valence-corrected chi connectivity index (χ1v) is 15.6. The maximum Gasteiger partial charge on any atom is 0.241 e. The molecular weight excluding hydrogens is 548 g/mol. The highest BCUT2D eigenvalue weighted by Crippen LogP contribution is 2.29. The van der Waals surface area contributed by atoms with Crippen LogP contribution in [0.5, 0.6) is 11.5 Å². The third-order valence-corrected chi connectivity index (χ3v) is 9.29. The number of sulfonamides is 1. The summed E-state index contributed by atoms with van der Waals surface area (Å²) in [4.78, 5) is 15.4. The van der Waals surface area contributed by atoms with Crippen molar-refractivity contribution >= 4 is 21.6 Å². The van der Waals surface area contributed by atoms with Gasteiger partial charge in [-0.2, -0.15) is 4.72 Å². The van der Waals surface area contributed by atoms with Crippen molar-refractivity contribution in [2.24, 2.45) is 5.92 Å². The zero-order valence-corrected chi connectivity index (χ0v) is 23.6. The minimum Gasteiger partial charge on any atom is -0.457 e. The van der Waals surface area contributed by atoms with E-state index in [2.05, 4.69) is 14.9 Å². The normalized spacial score (nSPS) is 16.3. The lowest BCUT2D eigenvalue weighted by atomic mass is 9.85. The molecule has 0 bridgehead atoms. The topological polar surface area (TPSA) is 87.7 Å². The summed E-state index contributed by atoms with van der Waals surface area (Å²) in [7, 11) is -4.00. The number of hydrogen-bond acceptors (Lipinski definition) is 5. The van der Waals surface area contributed by atoms with Crippen LogP contribution >= 0.6 is 0 Å². The van der Waals surface area contributed by atoms with E-state index in [9.17, 15) is 22.0 Å². The van der Waals surface area contributed by atoms with Gasteiger partial charge in [-0.1, -0.05) is 32.1 Å². The van der Waals surface area contributed by atoms with Gasteiger partial charge in [0.25, 0.3) is 0 Å². The number of carbonyl (C=O) groups is 1. The van der Waals surface area contributed by atoms with E-state index in [4.69, 9.17) is 4.74 Å². The molecule has 2 N–H and O–H groups in total. The lowest BCUT2D eigenvalue weighted by Crippen LogP contribution is -2.49. The number of benzene rings is 3. The van der Waals surface area contributed by atoms with Gasteiger partial charge in [0.15, 0.2) is 0 Å². The smallest absolute Gasteiger partial charge is 0.241 e. The predicted molar refractivity (Wildman–Crippen MR) is 154 cm³/mol. The van der Waals surface area contributed by atoms with Gasteiger partial charge in [-0.05, 0) is 91.1 Å². The van der Waals surface area contributed by atoms with Crippen molar-refractivity contribution in [1.82, 2.24) is 10.0 Å². The van der Waals surface area contributed by atoms with Crippen molar-refractivity contribution in [3.05, 3.63) is 83.9 Å². The number of hydrogen-bond donors (Lipinski definition) is 2. The number of nitrogens with zero attached hydrogens (tertiary/aromatic N) is 1. The molecule has 1 atom stereocenters. The van der Waals surface area contributed by atoms with Crippen molar-refractivity contribution in [3.63, 3.8) is 0 Å². The molecule has 1 aliphatic carbocycles. The Morgan fingerprint density at radius 1 is 0.927 bits per heavy atom. The molecule has 2 aliphatic rings. The van der Waals surface area contributed by atoms with E-state index < -0.39 is 16.1 Å². The van der Waals surface area contributed by atoms with Crippen LogP contribution < -0.4 is 19.7 Å². The largest absolute Gasteiger partial charge is 0.457 e. The highest BCUT2D eigenvalue weighted by Gasteiger charge is 2.29. The summed E-state index contributed by atoms with van der Waals surface area (Å²) in [6.07, 6.45) is 6.45. The Morgan fingerprint density at radius 3 is 2.29 bits per heavy atom. The lowest BCUT2D eigenvalue weighted by Gasteiger charge is -2.27. The molecule has 7 nitrogen and oxygen atoms in total. The summed E-state index contributed by atoms with van der Waals surface area (Å²) in [5.74, 6) is 0.108. The molecule has 10 heteroatoms. The number of fused-ring (bicyclic) bond motifs is 1. The molecule has 0 saturated heterocycles. The highest BCUT2D eigenvalue weighted by molar-refractivity contribution is 7.89. The first-order chi connectivity index (χ1) is 19.8. The molecule has 0 radical (unpaired) electrons. The first kappa shape index (κ1) is 29.0. The Morgan fingerprint density at radius 2 is 1.59 bits per heavy atom. The fourth-order valence-corrected chi connectivity index (χ4v) is 6.86. The van der Waals surface area contributed by atoms with Crippen molar-refractivity contribution < 1.29 is 26.7 Å². The zero-order valence-electron chi connectivity index (χ0n) is 22.8. The van der Waals surface area contributed by atoms with E-state index in [-0.39, 0.29) is 28.4 Å². The second kappa shape index (κ2) is 13.0. The zero-order chi connectivity index (χ0) is 28.8. The molecular formula is C31H35F2N3O4S. The van der Waals surface area contributed by atoms with Crippen LogP contribution in [0, 0.1) is 17.6 Å². The van der Waals surface area contributed by atoms with Crippen LogP contribution in [0.25, 0.3) is 0 Å². The fraction of sp³-hybridized carbons (Fsp3) is 0.387. The summed E-state index contributed by atoms with van der Waals surface area (Å²) in [6.45, 7) is 1.63. The molecule has 1 aliphatic heterocycles. The van der Waals surface area contributed by atoms with Crippen LogP contribution in [0.2, 0.25) is 0 Å². The van der Waals surface area contributed by atoms with Crippen molar-refractivity contribution in [1.29, 1.82) is 0 Å². The molecule has 1 saturated carbocycles. The molecule has 1 heterocycles. The standard InChI is InChI=1S/C31H35F2N3O4S/c32-24-6-9-26(10-7-24)40-27-11-13-28(14-12-27)41(38,39)35-29(20-22-4-2-1-3-5-22)31(37)34-17-19-36-18-16-23-21-25(33)8-15-30(23)36/h6-15,21-22,29,35H,1-5,16-20H2,(H,34,37). The minimum atomic E-state index is -4.00. The van der Waals surface area contributed by atoms with Crippen molar-refractivity contribution in [3.8, 4) is 11.5 Å². The molecule has 3 aromatic rings. The van der Waals surface area contributed by atoms with Crippen LogP contribution in [0.15, 0.2) is 71.6 Å². The third kappa shape index (κ3) is 7.62. The first-order valence-electron chi connectivity index (χ1n) is 14.1. The third-order valence-electron chi connectivity index (χ3n) is 7.81. The number of nitrogens with one attached hydrogen (secondary N) is 2. The SMILES string of the molecule is O=C(NCCN1CCc2cc(F)ccc21)C(CC1CCCCC1)NS(=O)(=O)c1ccc(Oc2ccc(F)cc2)cc1. The quantitative estimate of drug-likeness (QED) is 0.309. The molecule has 0 spiro atoms. The van der Waals surface area contributed by atoms with E-state index in [0.29, 0.717) is 31.0 Å².